The maximum absolute atomic E-state index is 6.01. The molecule has 98 valence electrons. The van der Waals surface area contributed by atoms with Gasteiger partial charge in [-0.05, 0) is 29.5 Å². The van der Waals surface area contributed by atoms with Gasteiger partial charge in [-0.25, -0.2) is 9.67 Å². The molecule has 2 aromatic heterocycles. The molecule has 0 radical (unpaired) electrons. The first-order valence-corrected chi connectivity index (χ1v) is 7.68. The monoisotopic (exact) mass is 376 g/mol. The lowest BCUT2D eigenvalue weighted by Crippen LogP contribution is -2.11. The van der Waals surface area contributed by atoms with Crippen LogP contribution in [0.3, 0.4) is 0 Å². The highest BCUT2D eigenvalue weighted by Gasteiger charge is 2.18. The molecule has 0 fully saturated rings. The summed E-state index contributed by atoms with van der Waals surface area (Å²) in [4.78, 5) is 4.66. The molecule has 0 saturated heterocycles. The van der Waals surface area contributed by atoms with Crippen molar-refractivity contribution in [1.82, 2.24) is 14.8 Å². The third-order valence-corrected chi connectivity index (χ3v) is 5.25. The van der Waals surface area contributed by atoms with Crippen LogP contribution in [-0.4, -0.2) is 14.8 Å². The lowest BCUT2D eigenvalue weighted by molar-refractivity contribution is 0.579. The van der Waals surface area contributed by atoms with Crippen LogP contribution in [0.2, 0.25) is 0 Å². The summed E-state index contributed by atoms with van der Waals surface area (Å²) in [5, 5.41) is 7.66. The quantitative estimate of drug-likeness (QED) is 0.820. The minimum absolute atomic E-state index is 0.100. The van der Waals surface area contributed by atoms with Gasteiger partial charge in [0.05, 0.1) is 26.5 Å². The summed E-state index contributed by atoms with van der Waals surface area (Å²) < 4.78 is 2.84. The van der Waals surface area contributed by atoms with Crippen LogP contribution in [-0.2, 0) is 12.0 Å². The molecule has 0 aliphatic rings. The summed E-state index contributed by atoms with van der Waals surface area (Å²) in [6.45, 7) is 9.12. The highest BCUT2D eigenvalue weighted by molar-refractivity contribution is 14.1. The predicted octanol–water partition coefficient (Wildman–Crippen LogP) is 3.18. The second-order valence-corrected chi connectivity index (χ2v) is 7.27. The van der Waals surface area contributed by atoms with E-state index in [4.69, 9.17) is 5.73 Å². The van der Waals surface area contributed by atoms with Crippen molar-refractivity contribution in [3.8, 4) is 0 Å². The van der Waals surface area contributed by atoms with Gasteiger partial charge < -0.3 is 5.73 Å². The summed E-state index contributed by atoms with van der Waals surface area (Å²) in [6.07, 6.45) is 0. The number of hydrogen-bond donors (Lipinski definition) is 1. The third-order valence-electron chi connectivity index (χ3n) is 2.60. The Morgan fingerprint density at radius 2 is 2.11 bits per heavy atom. The van der Waals surface area contributed by atoms with Crippen molar-refractivity contribution in [3.63, 3.8) is 0 Å². The van der Waals surface area contributed by atoms with Gasteiger partial charge in [0.15, 0.2) is 0 Å². The SMILES string of the molecule is Cc1nn(Cc2csc(C(C)(C)C)n2)c(N)c1I. The Hall–Kier alpha value is -0.630. The maximum Gasteiger partial charge on any atom is 0.135 e. The molecule has 2 aromatic rings. The molecule has 0 spiro atoms. The van der Waals surface area contributed by atoms with E-state index in [9.17, 15) is 0 Å². The van der Waals surface area contributed by atoms with Gasteiger partial charge in [0.2, 0.25) is 0 Å². The van der Waals surface area contributed by atoms with Gasteiger partial charge in [0.1, 0.15) is 5.82 Å². The fourth-order valence-corrected chi connectivity index (χ4v) is 2.86. The van der Waals surface area contributed by atoms with E-state index in [2.05, 4.69) is 58.8 Å². The van der Waals surface area contributed by atoms with E-state index in [1.165, 1.54) is 0 Å². The molecule has 0 aliphatic carbocycles. The van der Waals surface area contributed by atoms with Gasteiger partial charge in [0, 0.05) is 10.8 Å². The molecule has 2 rings (SSSR count). The molecular weight excluding hydrogens is 359 g/mol. The van der Waals surface area contributed by atoms with E-state index in [0.717, 1.165) is 25.8 Å². The molecule has 18 heavy (non-hydrogen) atoms. The summed E-state index contributed by atoms with van der Waals surface area (Å²) in [6, 6.07) is 0. The first-order chi connectivity index (χ1) is 8.29. The number of halogens is 1. The average molecular weight is 376 g/mol. The zero-order valence-electron chi connectivity index (χ0n) is 11.0. The standard InChI is InChI=1S/C12H17IN4S/c1-7-9(13)10(14)17(16-7)5-8-6-18-11(15-8)12(2,3)4/h6H,5,14H2,1-4H3. The van der Waals surface area contributed by atoms with Crippen molar-refractivity contribution in [2.75, 3.05) is 5.73 Å². The van der Waals surface area contributed by atoms with Crippen molar-refractivity contribution in [2.24, 2.45) is 0 Å². The average Bonchev–Trinajstić information content (AvgIpc) is 2.81. The fourth-order valence-electron chi connectivity index (χ4n) is 1.58. The summed E-state index contributed by atoms with van der Waals surface area (Å²) >= 11 is 3.92. The molecule has 0 bridgehead atoms. The molecule has 2 N–H and O–H groups in total. The molecule has 6 heteroatoms. The topological polar surface area (TPSA) is 56.7 Å². The zero-order valence-corrected chi connectivity index (χ0v) is 14.0. The number of nitrogens with zero attached hydrogens (tertiary/aromatic N) is 3. The summed E-state index contributed by atoms with van der Waals surface area (Å²) in [5.74, 6) is 0.721. The van der Waals surface area contributed by atoms with Gasteiger partial charge in [-0.1, -0.05) is 20.8 Å². The minimum atomic E-state index is 0.100. The van der Waals surface area contributed by atoms with E-state index >= 15 is 0 Å². The highest BCUT2D eigenvalue weighted by atomic mass is 127. The molecular formula is C12H17IN4S. The Morgan fingerprint density at radius 3 is 2.56 bits per heavy atom. The first kappa shape index (κ1) is 13.8. The van der Waals surface area contributed by atoms with Gasteiger partial charge in [0.25, 0.3) is 0 Å². The van der Waals surface area contributed by atoms with Gasteiger partial charge in [-0.2, -0.15) is 5.10 Å². The minimum Gasteiger partial charge on any atom is -0.383 e. The Labute approximate surface area is 125 Å². The van der Waals surface area contributed by atoms with Crippen molar-refractivity contribution < 1.29 is 0 Å². The van der Waals surface area contributed by atoms with Crippen LogP contribution in [0.15, 0.2) is 5.38 Å². The molecule has 0 atom stereocenters. The number of aromatic nitrogens is 3. The maximum atomic E-state index is 6.01. The number of hydrogen-bond acceptors (Lipinski definition) is 4. The molecule has 0 aromatic carbocycles. The molecule has 0 saturated carbocycles. The number of nitrogen functional groups attached to an aromatic ring is 1. The van der Waals surface area contributed by atoms with E-state index < -0.39 is 0 Å². The molecule has 0 unspecified atom stereocenters. The highest BCUT2D eigenvalue weighted by Crippen LogP contribution is 2.26. The first-order valence-electron chi connectivity index (χ1n) is 5.72. The van der Waals surface area contributed by atoms with Crippen molar-refractivity contribution in [2.45, 2.75) is 39.7 Å². The van der Waals surface area contributed by atoms with Crippen LogP contribution in [0.4, 0.5) is 5.82 Å². The Kier molecular flexibility index (Phi) is 3.68. The van der Waals surface area contributed by atoms with Crippen LogP contribution in [0.1, 0.15) is 37.2 Å². The van der Waals surface area contributed by atoms with E-state index in [1.54, 1.807) is 11.3 Å². The second kappa shape index (κ2) is 4.80. The number of rotatable bonds is 2. The molecule has 2 heterocycles. The molecule has 4 nitrogen and oxygen atoms in total. The smallest absolute Gasteiger partial charge is 0.135 e. The van der Waals surface area contributed by atoms with Gasteiger partial charge >= 0.3 is 0 Å². The van der Waals surface area contributed by atoms with E-state index in [-0.39, 0.29) is 5.41 Å². The molecule has 0 aliphatic heterocycles. The van der Waals surface area contributed by atoms with Crippen LogP contribution in [0.5, 0.6) is 0 Å². The zero-order chi connectivity index (χ0) is 13.5. The van der Waals surface area contributed by atoms with Crippen LogP contribution in [0, 0.1) is 10.5 Å². The Balaban J connectivity index is 2.24. The Morgan fingerprint density at radius 1 is 1.44 bits per heavy atom. The largest absolute Gasteiger partial charge is 0.383 e. The summed E-state index contributed by atoms with van der Waals surface area (Å²) in [5.41, 5.74) is 8.11. The van der Waals surface area contributed by atoms with Crippen LogP contribution < -0.4 is 5.73 Å². The number of anilines is 1. The van der Waals surface area contributed by atoms with Crippen LogP contribution >= 0.6 is 33.9 Å². The molecule has 0 amide bonds. The predicted molar refractivity (Wildman–Crippen MR) is 84.0 cm³/mol. The second-order valence-electron chi connectivity index (χ2n) is 5.34. The van der Waals surface area contributed by atoms with Gasteiger partial charge in [-0.15, -0.1) is 11.3 Å². The van der Waals surface area contributed by atoms with Crippen molar-refractivity contribution >= 4 is 39.7 Å². The van der Waals surface area contributed by atoms with E-state index in [0.29, 0.717) is 6.54 Å². The van der Waals surface area contributed by atoms with Crippen molar-refractivity contribution in [3.05, 3.63) is 25.3 Å². The number of thiazole rings is 1. The van der Waals surface area contributed by atoms with Gasteiger partial charge in [-0.3, -0.25) is 0 Å². The number of aryl methyl sites for hydroxylation is 1. The van der Waals surface area contributed by atoms with Crippen molar-refractivity contribution in [1.29, 1.82) is 0 Å². The lowest BCUT2D eigenvalue weighted by Gasteiger charge is -2.13. The van der Waals surface area contributed by atoms with E-state index in [1.807, 2.05) is 11.6 Å². The summed E-state index contributed by atoms with van der Waals surface area (Å²) in [7, 11) is 0. The Bertz CT molecular complexity index is 565. The van der Waals surface area contributed by atoms with Crippen LogP contribution in [0.25, 0.3) is 0 Å². The lowest BCUT2D eigenvalue weighted by atomic mass is 9.98. The number of nitrogens with two attached hydrogens (primary N) is 1. The normalized spacial score (nSPS) is 12.1. The third kappa shape index (κ3) is 2.69. The fraction of sp³-hybridized carbons (Fsp3) is 0.500.